The molecule has 0 radical (unpaired) electrons. The van der Waals surface area contributed by atoms with Crippen LogP contribution in [0.4, 0.5) is 0 Å². The molecule has 0 heterocycles. The van der Waals surface area contributed by atoms with Gasteiger partial charge in [-0.2, -0.15) is 5.26 Å². The topological polar surface area (TPSA) is 102 Å². The predicted molar refractivity (Wildman–Crippen MR) is 88.2 cm³/mol. The van der Waals surface area contributed by atoms with Gasteiger partial charge in [0, 0.05) is 11.4 Å². The molecule has 7 heteroatoms. The molecule has 0 fully saturated rings. The molecule has 0 aliphatic rings. The van der Waals surface area contributed by atoms with Crippen LogP contribution in [-0.2, 0) is 11.2 Å². The van der Waals surface area contributed by atoms with Crippen molar-refractivity contribution in [3.8, 4) is 11.8 Å². The maximum atomic E-state index is 11.9. The lowest BCUT2D eigenvalue weighted by Gasteiger charge is -2.09. The number of hydrazine groups is 1. The van der Waals surface area contributed by atoms with E-state index in [-0.39, 0.29) is 23.6 Å². The monoisotopic (exact) mass is 343 g/mol. The van der Waals surface area contributed by atoms with Gasteiger partial charge in [0.25, 0.3) is 5.91 Å². The van der Waals surface area contributed by atoms with Gasteiger partial charge < -0.3 is 5.11 Å². The Morgan fingerprint density at radius 2 is 1.83 bits per heavy atom. The summed E-state index contributed by atoms with van der Waals surface area (Å²) in [5, 5.41) is 18.6. The fraction of sp³-hybridized carbons (Fsp3) is 0.118. The molecule has 24 heavy (non-hydrogen) atoms. The molecular formula is C17H14ClN3O3. The van der Waals surface area contributed by atoms with Crippen molar-refractivity contribution in [3.05, 3.63) is 64.2 Å². The number of phenolic OH excluding ortho intramolecular Hbond substituents is 1. The van der Waals surface area contributed by atoms with E-state index >= 15 is 0 Å². The first-order chi connectivity index (χ1) is 11.5. The summed E-state index contributed by atoms with van der Waals surface area (Å²) in [5.74, 6) is -1.28. The number of phenols is 1. The first-order valence-electron chi connectivity index (χ1n) is 7.06. The van der Waals surface area contributed by atoms with Crippen LogP contribution in [0.1, 0.15) is 27.9 Å². The number of nitrogens with zero attached hydrogens (tertiary/aromatic N) is 1. The van der Waals surface area contributed by atoms with Crippen molar-refractivity contribution in [1.82, 2.24) is 10.9 Å². The third-order valence-corrected chi connectivity index (χ3v) is 3.48. The number of carbonyl (C=O) groups excluding carboxylic acids is 2. The van der Waals surface area contributed by atoms with Crippen molar-refractivity contribution in [2.45, 2.75) is 12.8 Å². The van der Waals surface area contributed by atoms with E-state index in [0.717, 1.165) is 5.56 Å². The Bertz CT molecular complexity index is 798. The molecule has 0 spiro atoms. The van der Waals surface area contributed by atoms with Gasteiger partial charge in [-0.05, 0) is 42.3 Å². The van der Waals surface area contributed by atoms with Gasteiger partial charge in [0.1, 0.15) is 5.75 Å². The van der Waals surface area contributed by atoms with Crippen molar-refractivity contribution in [2.75, 3.05) is 0 Å². The van der Waals surface area contributed by atoms with Crippen LogP contribution >= 0.6 is 11.6 Å². The number of aryl methyl sites for hydroxylation is 1. The van der Waals surface area contributed by atoms with Crippen molar-refractivity contribution in [1.29, 1.82) is 5.26 Å². The molecule has 0 aliphatic heterocycles. The minimum absolute atomic E-state index is 0.0325. The SMILES string of the molecule is N#Cc1ccc(CCC(=O)NNC(=O)c2cc(Cl)ccc2O)cc1. The van der Waals surface area contributed by atoms with Gasteiger partial charge in [0.2, 0.25) is 5.91 Å². The number of aromatic hydroxyl groups is 1. The van der Waals surface area contributed by atoms with E-state index in [1.807, 2.05) is 6.07 Å². The van der Waals surface area contributed by atoms with E-state index in [1.165, 1.54) is 18.2 Å². The second-order valence-electron chi connectivity index (χ2n) is 4.97. The second-order valence-corrected chi connectivity index (χ2v) is 5.41. The number of rotatable bonds is 4. The van der Waals surface area contributed by atoms with Crippen LogP contribution in [0.15, 0.2) is 42.5 Å². The zero-order valence-corrected chi connectivity index (χ0v) is 13.3. The normalized spacial score (nSPS) is 9.83. The molecule has 6 nitrogen and oxygen atoms in total. The van der Waals surface area contributed by atoms with Crippen LogP contribution in [0.2, 0.25) is 5.02 Å². The molecule has 2 amide bonds. The summed E-state index contributed by atoms with van der Waals surface area (Å²) in [6.07, 6.45) is 0.629. The van der Waals surface area contributed by atoms with Gasteiger partial charge in [-0.25, -0.2) is 0 Å². The zero-order valence-electron chi connectivity index (χ0n) is 12.5. The lowest BCUT2D eigenvalue weighted by molar-refractivity contribution is -0.121. The third-order valence-electron chi connectivity index (χ3n) is 3.24. The van der Waals surface area contributed by atoms with E-state index in [2.05, 4.69) is 10.9 Å². The number of amides is 2. The smallest absolute Gasteiger partial charge is 0.273 e. The summed E-state index contributed by atoms with van der Waals surface area (Å²) in [5.41, 5.74) is 5.92. The summed E-state index contributed by atoms with van der Waals surface area (Å²) in [7, 11) is 0. The van der Waals surface area contributed by atoms with Crippen LogP contribution in [0.3, 0.4) is 0 Å². The van der Waals surface area contributed by atoms with E-state index in [1.54, 1.807) is 24.3 Å². The van der Waals surface area contributed by atoms with Crippen molar-refractivity contribution in [3.63, 3.8) is 0 Å². The number of nitrogens with one attached hydrogen (secondary N) is 2. The Kier molecular flexibility index (Phi) is 5.77. The van der Waals surface area contributed by atoms with Crippen LogP contribution in [0.25, 0.3) is 0 Å². The van der Waals surface area contributed by atoms with Crippen molar-refractivity contribution < 1.29 is 14.7 Å². The molecule has 2 rings (SSSR count). The third kappa shape index (κ3) is 4.73. The summed E-state index contributed by atoms with van der Waals surface area (Å²) in [6, 6.07) is 13.0. The van der Waals surface area contributed by atoms with Crippen molar-refractivity contribution >= 4 is 23.4 Å². The highest BCUT2D eigenvalue weighted by atomic mass is 35.5. The van der Waals surface area contributed by atoms with Gasteiger partial charge >= 0.3 is 0 Å². The van der Waals surface area contributed by atoms with Crippen LogP contribution in [-0.4, -0.2) is 16.9 Å². The van der Waals surface area contributed by atoms with Gasteiger partial charge in [-0.3, -0.25) is 20.4 Å². The fourth-order valence-corrected chi connectivity index (χ4v) is 2.12. The summed E-state index contributed by atoms with van der Waals surface area (Å²) < 4.78 is 0. The van der Waals surface area contributed by atoms with Crippen LogP contribution in [0, 0.1) is 11.3 Å². The number of benzene rings is 2. The van der Waals surface area contributed by atoms with Gasteiger partial charge in [-0.1, -0.05) is 23.7 Å². The quantitative estimate of drug-likeness (QED) is 0.741. The zero-order chi connectivity index (χ0) is 17.5. The molecule has 0 unspecified atom stereocenters. The standard InChI is InChI=1S/C17H14ClN3O3/c18-13-6-7-15(22)14(9-13)17(24)21-20-16(23)8-5-11-1-3-12(10-19)4-2-11/h1-4,6-7,9,22H,5,8H2,(H,20,23)(H,21,24). The van der Waals surface area contributed by atoms with Crippen LogP contribution in [0.5, 0.6) is 5.75 Å². The van der Waals surface area contributed by atoms with Crippen LogP contribution < -0.4 is 10.9 Å². The largest absolute Gasteiger partial charge is 0.507 e. The van der Waals surface area contributed by atoms with E-state index in [4.69, 9.17) is 16.9 Å². The highest BCUT2D eigenvalue weighted by Crippen LogP contribution is 2.20. The van der Waals surface area contributed by atoms with Gasteiger partial charge in [-0.15, -0.1) is 0 Å². The lowest BCUT2D eigenvalue weighted by atomic mass is 10.1. The number of nitriles is 1. The Labute approximate surface area is 143 Å². The average Bonchev–Trinajstić information content (AvgIpc) is 2.60. The fourth-order valence-electron chi connectivity index (χ4n) is 1.95. The highest BCUT2D eigenvalue weighted by molar-refractivity contribution is 6.31. The Balaban J connectivity index is 1.83. The molecular weight excluding hydrogens is 330 g/mol. The lowest BCUT2D eigenvalue weighted by Crippen LogP contribution is -2.41. The predicted octanol–water partition coefficient (Wildman–Crippen LogP) is 2.31. The summed E-state index contributed by atoms with van der Waals surface area (Å²) in [4.78, 5) is 23.7. The summed E-state index contributed by atoms with van der Waals surface area (Å²) >= 11 is 5.76. The molecule has 0 bridgehead atoms. The van der Waals surface area contributed by atoms with Gasteiger partial charge in [0.15, 0.2) is 0 Å². The van der Waals surface area contributed by atoms with Crippen molar-refractivity contribution in [2.24, 2.45) is 0 Å². The van der Waals surface area contributed by atoms with E-state index in [9.17, 15) is 14.7 Å². The van der Waals surface area contributed by atoms with Gasteiger partial charge in [0.05, 0.1) is 17.2 Å². The second kappa shape index (κ2) is 7.99. The maximum Gasteiger partial charge on any atom is 0.273 e. The number of hydrogen-bond acceptors (Lipinski definition) is 4. The molecule has 0 atom stereocenters. The molecule has 0 aliphatic carbocycles. The minimum Gasteiger partial charge on any atom is -0.507 e. The number of hydrogen-bond donors (Lipinski definition) is 3. The Morgan fingerprint density at radius 3 is 2.50 bits per heavy atom. The van der Waals surface area contributed by atoms with E-state index < -0.39 is 5.91 Å². The molecule has 2 aromatic rings. The number of halogens is 1. The maximum absolute atomic E-state index is 11.9. The Hall–Kier alpha value is -3.04. The molecule has 122 valence electrons. The summed E-state index contributed by atoms with van der Waals surface area (Å²) in [6.45, 7) is 0. The first-order valence-corrected chi connectivity index (χ1v) is 7.44. The molecule has 0 saturated heterocycles. The number of carbonyl (C=O) groups is 2. The Morgan fingerprint density at radius 1 is 1.12 bits per heavy atom. The van der Waals surface area contributed by atoms with E-state index in [0.29, 0.717) is 17.0 Å². The molecule has 3 N–H and O–H groups in total. The first kappa shape index (κ1) is 17.3. The highest BCUT2D eigenvalue weighted by Gasteiger charge is 2.12. The molecule has 0 saturated carbocycles. The molecule has 0 aromatic heterocycles. The minimum atomic E-state index is -0.665. The average molecular weight is 344 g/mol. The molecule has 2 aromatic carbocycles.